The summed E-state index contributed by atoms with van der Waals surface area (Å²) < 4.78 is 29.4. The molecule has 4 rings (SSSR count). The number of rotatable bonds is 6. The number of cyclic esters (lactones) is 1. The van der Waals surface area contributed by atoms with Gasteiger partial charge in [0.1, 0.15) is 30.1 Å². The number of nitrogens with zero attached hydrogens (tertiary/aromatic N) is 1. The van der Waals surface area contributed by atoms with Crippen molar-refractivity contribution >= 4 is 29.2 Å². The highest BCUT2D eigenvalue weighted by molar-refractivity contribution is 6.39. The number of aliphatic hydroxyl groups is 3. The van der Waals surface area contributed by atoms with Crippen molar-refractivity contribution in [3.63, 3.8) is 0 Å². The summed E-state index contributed by atoms with van der Waals surface area (Å²) in [5.74, 6) is -7.96. The maximum atomic E-state index is 14.4. The lowest BCUT2D eigenvalue weighted by atomic mass is 9.78. The second kappa shape index (κ2) is 25.1. The Morgan fingerprint density at radius 1 is 0.846 bits per heavy atom. The predicted octanol–water partition coefficient (Wildman–Crippen LogP) is 6.18. The number of ketones is 3. The highest BCUT2D eigenvalue weighted by Gasteiger charge is 2.53. The van der Waals surface area contributed by atoms with Gasteiger partial charge in [0.15, 0.2) is 5.78 Å². The number of carbonyl (C=O) groups excluding carboxylic acids is 5. The third-order valence-corrected chi connectivity index (χ3v) is 14.5. The van der Waals surface area contributed by atoms with Gasteiger partial charge in [-0.05, 0) is 107 Å². The number of allylic oxidation sites excluding steroid dienone is 6. The molecule has 3 fully saturated rings. The molecule has 14 nitrogen and oxygen atoms in total. The minimum absolute atomic E-state index is 0.0193. The zero-order chi connectivity index (χ0) is 48.2. The SMILES string of the molecule is CO[C@H]1C[C@@H]2CC[C@@H](C)[C@@](O)(O2)C(=O)C(=O)N2CCCC[C@H]2C(=O)O[C@H]([C@H](C)C[C@@H]2CC[C@@H](O)[C@H](OC)C2)CC(=O)[C@H](C)/C=C(/C)[C@H](O)[C@@H](OC)C(=O)[C@@H](C)C[C@@H](C)\C=C/C=C\C=C/1C. The Morgan fingerprint density at radius 2 is 1.57 bits per heavy atom. The van der Waals surface area contributed by atoms with Gasteiger partial charge in [-0.3, -0.25) is 19.2 Å². The number of ether oxygens (including phenoxy) is 5. The molecule has 1 aliphatic carbocycles. The smallest absolute Gasteiger partial charge is 0.329 e. The average molecular weight is 914 g/mol. The van der Waals surface area contributed by atoms with Crippen LogP contribution in [0.25, 0.3) is 0 Å². The van der Waals surface area contributed by atoms with Crippen LogP contribution in [0.5, 0.6) is 0 Å². The Balaban J connectivity index is 1.70. The van der Waals surface area contributed by atoms with Crippen molar-refractivity contribution < 1.29 is 63.0 Å². The average Bonchev–Trinajstić information content (AvgIpc) is 3.28. The van der Waals surface area contributed by atoms with E-state index in [9.17, 15) is 39.3 Å². The first-order valence-corrected chi connectivity index (χ1v) is 23.9. The number of amides is 1. The van der Waals surface area contributed by atoms with Crippen molar-refractivity contribution in [2.24, 2.45) is 35.5 Å². The molecule has 3 heterocycles. The molecular weight excluding hydrogens is 835 g/mol. The molecule has 1 saturated carbocycles. The summed E-state index contributed by atoms with van der Waals surface area (Å²) in [6, 6.07) is -1.14. The van der Waals surface area contributed by atoms with E-state index >= 15 is 0 Å². The summed E-state index contributed by atoms with van der Waals surface area (Å²) in [7, 11) is 4.52. The van der Waals surface area contributed by atoms with Crippen LogP contribution in [0.3, 0.4) is 0 Å². The van der Waals surface area contributed by atoms with E-state index in [1.807, 2.05) is 58.1 Å². The first-order chi connectivity index (χ1) is 30.7. The van der Waals surface area contributed by atoms with Gasteiger partial charge in [0.25, 0.3) is 11.7 Å². The standard InChI is InChI=1S/C51H79NO13/c1-30-16-12-11-13-17-31(2)42(61-8)28-38-21-19-36(7)51(60,65-38)48(57)49(58)52-23-15-14-18-39(52)50(59)64-43(33(4)26-37-20-22-40(53)44(27-37)62-9)29-41(54)32(3)25-35(6)46(56)47(63-10)45(55)34(5)24-30/h11-13,16-17,25,30,32-34,36-40,42-44,46-47,53,56,60H,14-15,18-24,26-29H2,1-10H3/b13-11-,16-12-,31-17-,35-25-/t30-,32+,33+,34-,36+,37-,38-,39-,40+,42-,43-,44+,46-,47-,51+/m0/s1. The van der Waals surface area contributed by atoms with E-state index in [1.165, 1.54) is 12.0 Å². The van der Waals surface area contributed by atoms with Gasteiger partial charge < -0.3 is 43.9 Å². The van der Waals surface area contributed by atoms with Crippen LogP contribution >= 0.6 is 0 Å². The summed E-state index contributed by atoms with van der Waals surface area (Å²) in [6.45, 7) is 12.7. The van der Waals surface area contributed by atoms with Crippen LogP contribution in [-0.2, 0) is 47.7 Å². The van der Waals surface area contributed by atoms with E-state index in [4.69, 9.17) is 23.7 Å². The Hall–Kier alpha value is -3.37. The van der Waals surface area contributed by atoms with Gasteiger partial charge in [-0.2, -0.15) is 0 Å². The normalized spacial score (nSPS) is 40.4. The molecular formula is C51H79NO13. The van der Waals surface area contributed by atoms with Gasteiger partial charge in [-0.1, -0.05) is 71.1 Å². The molecule has 0 unspecified atom stereocenters. The Bertz CT molecular complexity index is 1760. The van der Waals surface area contributed by atoms with Crippen LogP contribution in [-0.4, -0.2) is 132 Å². The number of hydrogen-bond acceptors (Lipinski definition) is 13. The van der Waals surface area contributed by atoms with Crippen molar-refractivity contribution in [1.82, 2.24) is 4.90 Å². The molecule has 65 heavy (non-hydrogen) atoms. The molecule has 3 N–H and O–H groups in total. The first-order valence-electron chi connectivity index (χ1n) is 23.9. The van der Waals surface area contributed by atoms with Gasteiger partial charge in [0.05, 0.1) is 24.4 Å². The molecule has 2 saturated heterocycles. The van der Waals surface area contributed by atoms with Crippen molar-refractivity contribution in [3.05, 3.63) is 47.6 Å². The van der Waals surface area contributed by atoms with Crippen LogP contribution in [0, 0.1) is 35.5 Å². The molecule has 15 atom stereocenters. The van der Waals surface area contributed by atoms with Gasteiger partial charge >= 0.3 is 5.97 Å². The molecule has 0 aromatic rings. The molecule has 14 heteroatoms. The molecule has 0 aromatic carbocycles. The van der Waals surface area contributed by atoms with Crippen molar-refractivity contribution in [3.8, 4) is 0 Å². The van der Waals surface area contributed by atoms with Crippen LogP contribution in [0.2, 0.25) is 0 Å². The first kappa shape index (κ1) is 54.2. The van der Waals surface area contributed by atoms with Crippen molar-refractivity contribution in [2.75, 3.05) is 27.9 Å². The van der Waals surface area contributed by atoms with Crippen molar-refractivity contribution in [2.45, 2.75) is 180 Å². The molecule has 2 bridgehead atoms. The lowest BCUT2D eigenvalue weighted by Crippen LogP contribution is -2.61. The number of carbonyl (C=O) groups is 5. The topological polar surface area (TPSA) is 195 Å². The highest BCUT2D eigenvalue weighted by atomic mass is 16.6. The quantitative estimate of drug-likeness (QED) is 0.156. The highest BCUT2D eigenvalue weighted by Crippen LogP contribution is 2.38. The molecule has 0 radical (unpaired) electrons. The third kappa shape index (κ3) is 14.3. The summed E-state index contributed by atoms with van der Waals surface area (Å²) >= 11 is 0. The van der Waals surface area contributed by atoms with Gasteiger partial charge in [0.2, 0.25) is 5.79 Å². The Morgan fingerprint density at radius 3 is 2.25 bits per heavy atom. The molecule has 3 aliphatic heterocycles. The summed E-state index contributed by atoms with van der Waals surface area (Å²) in [5.41, 5.74) is 1.27. The van der Waals surface area contributed by atoms with E-state index in [0.717, 1.165) is 12.0 Å². The van der Waals surface area contributed by atoms with E-state index in [2.05, 4.69) is 0 Å². The third-order valence-electron chi connectivity index (χ3n) is 14.5. The fourth-order valence-corrected chi connectivity index (χ4v) is 10.1. The number of esters is 1. The molecule has 1 amide bonds. The number of piperidine rings is 1. The van der Waals surface area contributed by atoms with Crippen LogP contribution < -0.4 is 0 Å². The number of Topliss-reactive ketones (excluding diaryl/α,β-unsaturated/α-hetero) is 3. The molecule has 0 spiro atoms. The maximum absolute atomic E-state index is 14.4. The fraction of sp³-hybridized carbons (Fsp3) is 0.745. The summed E-state index contributed by atoms with van der Waals surface area (Å²) in [6.07, 6.45) is 11.2. The molecule has 0 aromatic heterocycles. The lowest BCUT2D eigenvalue weighted by molar-refractivity contribution is -0.265. The van der Waals surface area contributed by atoms with Crippen LogP contribution in [0.1, 0.15) is 126 Å². The predicted molar refractivity (Wildman–Crippen MR) is 245 cm³/mol. The zero-order valence-corrected chi connectivity index (χ0v) is 40.6. The molecule has 366 valence electrons. The fourth-order valence-electron chi connectivity index (χ4n) is 10.1. The van der Waals surface area contributed by atoms with Crippen LogP contribution in [0.15, 0.2) is 47.6 Å². The van der Waals surface area contributed by atoms with E-state index in [-0.39, 0.29) is 54.8 Å². The number of hydrogen-bond donors (Lipinski definition) is 3. The van der Waals surface area contributed by atoms with E-state index in [1.54, 1.807) is 41.1 Å². The van der Waals surface area contributed by atoms with Crippen LogP contribution in [0.4, 0.5) is 0 Å². The van der Waals surface area contributed by atoms with E-state index in [0.29, 0.717) is 63.4 Å². The number of aliphatic hydroxyl groups excluding tert-OH is 2. The Kier molecular flexibility index (Phi) is 21.0. The minimum atomic E-state index is -2.43. The number of fused-ring (bicyclic) bond motifs is 3. The number of methoxy groups -OCH3 is 3. The largest absolute Gasteiger partial charge is 0.460 e. The van der Waals surface area contributed by atoms with E-state index < -0.39 is 83.9 Å². The summed E-state index contributed by atoms with van der Waals surface area (Å²) in [4.78, 5) is 71.8. The van der Waals surface area contributed by atoms with Gasteiger partial charge in [-0.15, -0.1) is 0 Å². The van der Waals surface area contributed by atoms with Gasteiger partial charge in [-0.25, -0.2) is 4.79 Å². The monoisotopic (exact) mass is 914 g/mol. The van der Waals surface area contributed by atoms with Gasteiger partial charge in [0, 0.05) is 58.5 Å². The molecule has 4 aliphatic rings. The Labute approximate surface area is 387 Å². The summed E-state index contributed by atoms with van der Waals surface area (Å²) in [5, 5.41) is 33.8. The second-order valence-corrected chi connectivity index (χ2v) is 19.6. The minimum Gasteiger partial charge on any atom is -0.460 e. The second-order valence-electron chi connectivity index (χ2n) is 19.6. The lowest BCUT2D eigenvalue weighted by Gasteiger charge is -2.42. The van der Waals surface area contributed by atoms with Crippen molar-refractivity contribution in [1.29, 1.82) is 0 Å². The maximum Gasteiger partial charge on any atom is 0.329 e. The zero-order valence-electron chi connectivity index (χ0n) is 40.6.